The smallest absolute Gasteiger partial charge is 0.140 e. The zero-order chi connectivity index (χ0) is 42.1. The van der Waals surface area contributed by atoms with E-state index in [1.165, 1.54) is 60.9 Å². The van der Waals surface area contributed by atoms with Gasteiger partial charge in [0.2, 0.25) is 0 Å². The molecule has 0 bridgehead atoms. The molecule has 304 valence electrons. The fraction of sp³-hybridized carbons (Fsp3) is 0.148. The zero-order valence-electron chi connectivity index (χ0n) is 35.7. The number of allylic oxidation sites excluding steroid dienone is 15. The highest BCUT2D eigenvalue weighted by Crippen LogP contribution is 2.66. The van der Waals surface area contributed by atoms with Gasteiger partial charge >= 0.3 is 0 Å². The van der Waals surface area contributed by atoms with Crippen molar-refractivity contribution in [3.05, 3.63) is 251 Å². The molecule has 3 atom stereocenters. The molecular weight excluding hydrogens is 763 g/mol. The number of furan rings is 1. The molecule has 2 heteroatoms. The summed E-state index contributed by atoms with van der Waals surface area (Å²) in [6.45, 7) is 6.88. The fourth-order valence-electron chi connectivity index (χ4n) is 11.7. The van der Waals surface area contributed by atoms with Crippen LogP contribution in [0.1, 0.15) is 70.7 Å². The first-order valence-corrected chi connectivity index (χ1v) is 22.7. The third-order valence-corrected chi connectivity index (χ3v) is 14.5. The summed E-state index contributed by atoms with van der Waals surface area (Å²) in [5.74, 6) is 1.59. The van der Waals surface area contributed by atoms with Crippen LogP contribution in [0.3, 0.4) is 0 Å². The van der Waals surface area contributed by atoms with Crippen molar-refractivity contribution in [2.24, 2.45) is 5.92 Å². The van der Waals surface area contributed by atoms with Gasteiger partial charge in [-0.1, -0.05) is 170 Å². The first-order valence-electron chi connectivity index (χ1n) is 22.7. The Balaban J connectivity index is 0.956. The molecule has 5 aliphatic carbocycles. The molecule has 0 radical (unpaired) electrons. The molecule has 0 saturated carbocycles. The van der Waals surface area contributed by atoms with Gasteiger partial charge in [-0.25, -0.2) is 0 Å². The lowest BCUT2D eigenvalue weighted by Crippen LogP contribution is -2.33. The van der Waals surface area contributed by atoms with Crippen LogP contribution in [0.15, 0.2) is 216 Å². The summed E-state index contributed by atoms with van der Waals surface area (Å²) in [6, 6.07) is 47.9. The van der Waals surface area contributed by atoms with Gasteiger partial charge in [-0.2, -0.15) is 0 Å². The number of hydrogen-bond donors (Lipinski definition) is 0. The summed E-state index contributed by atoms with van der Waals surface area (Å²) in [4.78, 5) is 2.44. The van der Waals surface area contributed by atoms with E-state index in [-0.39, 0.29) is 5.41 Å². The van der Waals surface area contributed by atoms with E-state index in [9.17, 15) is 0 Å². The Bertz CT molecular complexity index is 3250. The Morgan fingerprint density at radius 1 is 0.746 bits per heavy atom. The van der Waals surface area contributed by atoms with Crippen LogP contribution in [-0.4, -0.2) is 0 Å². The first kappa shape index (κ1) is 37.6. The van der Waals surface area contributed by atoms with Crippen LogP contribution in [-0.2, 0) is 12.0 Å². The van der Waals surface area contributed by atoms with Crippen LogP contribution in [0.5, 0.6) is 0 Å². The molecule has 0 saturated heterocycles. The minimum Gasteiger partial charge on any atom is -0.455 e. The van der Waals surface area contributed by atoms with Gasteiger partial charge in [-0.05, 0) is 124 Å². The number of anilines is 2. The van der Waals surface area contributed by atoms with Crippen LogP contribution in [0.2, 0.25) is 0 Å². The van der Waals surface area contributed by atoms with Gasteiger partial charge in [0.05, 0.1) is 12.0 Å². The van der Waals surface area contributed by atoms with Crippen molar-refractivity contribution in [2.45, 2.75) is 50.5 Å². The molecule has 1 aromatic heterocycles. The lowest BCUT2D eigenvalue weighted by Gasteiger charge is -2.37. The SMILES string of the molecule is C=C/C=C(/C1=CCCC=C1)c1oc2c(CN(c3ccc(-c4ccc5c(c4)C4(C6=C(CCC=C6)c6ccccc64)C4C=CC=CC54)cc3)c3ccc4ccccc4c3)cccc2c1C. The van der Waals surface area contributed by atoms with E-state index < -0.39 is 0 Å². The molecule has 7 aromatic rings. The average molecular weight is 812 g/mol. The maximum atomic E-state index is 6.95. The van der Waals surface area contributed by atoms with Crippen LogP contribution in [0.25, 0.3) is 44.0 Å². The van der Waals surface area contributed by atoms with E-state index in [1.54, 1.807) is 0 Å². The summed E-state index contributed by atoms with van der Waals surface area (Å²) < 4.78 is 6.95. The third-order valence-electron chi connectivity index (χ3n) is 14.5. The van der Waals surface area contributed by atoms with E-state index in [4.69, 9.17) is 4.42 Å². The van der Waals surface area contributed by atoms with E-state index in [0.29, 0.717) is 18.4 Å². The molecule has 63 heavy (non-hydrogen) atoms. The molecule has 0 aliphatic heterocycles. The van der Waals surface area contributed by atoms with Crippen molar-refractivity contribution < 1.29 is 4.42 Å². The van der Waals surface area contributed by atoms with Crippen molar-refractivity contribution in [1.82, 2.24) is 0 Å². The van der Waals surface area contributed by atoms with Gasteiger partial charge in [0.25, 0.3) is 0 Å². The minimum atomic E-state index is -0.204. The van der Waals surface area contributed by atoms with Gasteiger partial charge in [0, 0.05) is 45.3 Å². The number of para-hydroxylation sites is 1. The Kier molecular flexibility index (Phi) is 8.97. The Morgan fingerprint density at radius 2 is 1.56 bits per heavy atom. The maximum Gasteiger partial charge on any atom is 0.140 e. The van der Waals surface area contributed by atoms with E-state index >= 15 is 0 Å². The van der Waals surface area contributed by atoms with E-state index in [1.807, 2.05) is 6.08 Å². The Labute approximate surface area is 370 Å². The van der Waals surface area contributed by atoms with Crippen molar-refractivity contribution >= 4 is 44.3 Å². The molecule has 5 aliphatic rings. The number of benzene rings is 6. The number of fused-ring (bicyclic) bond motifs is 11. The fourth-order valence-corrected chi connectivity index (χ4v) is 11.7. The molecule has 0 N–H and O–H groups in total. The quantitative estimate of drug-likeness (QED) is 0.142. The largest absolute Gasteiger partial charge is 0.455 e. The summed E-state index contributed by atoms with van der Waals surface area (Å²) in [7, 11) is 0. The average Bonchev–Trinajstić information content (AvgIpc) is 3.96. The first-order chi connectivity index (χ1) is 31.1. The van der Waals surface area contributed by atoms with Gasteiger partial charge in [0.1, 0.15) is 11.3 Å². The van der Waals surface area contributed by atoms with E-state index in [0.717, 1.165) is 70.5 Å². The van der Waals surface area contributed by atoms with Crippen molar-refractivity contribution in [1.29, 1.82) is 0 Å². The highest BCUT2D eigenvalue weighted by molar-refractivity contribution is 5.94. The normalized spacial score (nSPS) is 20.6. The minimum absolute atomic E-state index is 0.204. The van der Waals surface area contributed by atoms with E-state index in [2.05, 4.69) is 207 Å². The second kappa shape index (κ2) is 15.0. The molecular formula is C61H49NO. The summed E-state index contributed by atoms with van der Waals surface area (Å²) in [5.41, 5.74) is 18.9. The molecule has 6 aromatic carbocycles. The third kappa shape index (κ3) is 5.85. The lowest BCUT2D eigenvalue weighted by molar-refractivity contribution is 0.462. The molecule has 1 spiro atoms. The topological polar surface area (TPSA) is 16.4 Å². The molecule has 12 rings (SSSR count). The number of rotatable bonds is 8. The Morgan fingerprint density at radius 3 is 2.43 bits per heavy atom. The van der Waals surface area contributed by atoms with Gasteiger partial charge < -0.3 is 9.32 Å². The maximum absolute atomic E-state index is 6.95. The zero-order valence-corrected chi connectivity index (χ0v) is 35.7. The van der Waals surface area contributed by atoms with Crippen LogP contribution >= 0.6 is 0 Å². The summed E-state index contributed by atoms with van der Waals surface area (Å²) >= 11 is 0. The molecule has 0 fully saturated rings. The standard InChI is InChI=1S/C61H49NO/c1-3-16-50(43-18-5-4-6-19-43)59-40(2)49-25-15-21-46(60(49)63-59)39-62(48-35-31-41-17-7-8-20-44(41)37-48)47-33-29-42(30-34-47)45-32-36-54-53-24-11-14-28-57(53)61(58(54)38-45)55-26-12-9-22-51(55)52-23-10-13-27-56(52)61/h3,5,7-9,11-22,24-38,53,57H,1,4,6,10,23,39H2,2H3/b50-16-. The molecule has 3 unspecified atom stereocenters. The van der Waals surface area contributed by atoms with Gasteiger partial charge in [-0.15, -0.1) is 0 Å². The van der Waals surface area contributed by atoms with Crippen molar-refractivity contribution in [3.63, 3.8) is 0 Å². The van der Waals surface area contributed by atoms with Crippen LogP contribution in [0, 0.1) is 12.8 Å². The van der Waals surface area contributed by atoms with Gasteiger partial charge in [0.15, 0.2) is 0 Å². The lowest BCUT2D eigenvalue weighted by atomic mass is 9.64. The highest BCUT2D eigenvalue weighted by Gasteiger charge is 2.57. The molecule has 0 amide bonds. The van der Waals surface area contributed by atoms with Crippen molar-refractivity contribution in [2.75, 3.05) is 4.90 Å². The molecule has 1 heterocycles. The second-order valence-corrected chi connectivity index (χ2v) is 17.8. The van der Waals surface area contributed by atoms with Crippen LogP contribution < -0.4 is 4.90 Å². The number of nitrogens with zero attached hydrogens (tertiary/aromatic N) is 1. The summed E-state index contributed by atoms with van der Waals surface area (Å²) in [5, 5.41) is 3.59. The predicted octanol–water partition coefficient (Wildman–Crippen LogP) is 16.0. The number of hydrogen-bond acceptors (Lipinski definition) is 2. The van der Waals surface area contributed by atoms with Gasteiger partial charge in [-0.3, -0.25) is 0 Å². The highest BCUT2D eigenvalue weighted by atomic mass is 16.3. The van der Waals surface area contributed by atoms with Crippen molar-refractivity contribution in [3.8, 4) is 11.1 Å². The Hall–Kier alpha value is -7.16. The molecule has 2 nitrogen and oxygen atoms in total. The monoisotopic (exact) mass is 811 g/mol. The number of aryl methyl sites for hydroxylation is 1. The second-order valence-electron chi connectivity index (χ2n) is 17.8. The predicted molar refractivity (Wildman–Crippen MR) is 264 cm³/mol. The van der Waals surface area contributed by atoms with Crippen LogP contribution in [0.4, 0.5) is 11.4 Å². The summed E-state index contributed by atoms with van der Waals surface area (Å²) in [6.07, 6.45) is 29.4.